The van der Waals surface area contributed by atoms with Crippen LogP contribution in [0.3, 0.4) is 0 Å². The van der Waals surface area contributed by atoms with E-state index in [1.54, 1.807) is 0 Å². The summed E-state index contributed by atoms with van der Waals surface area (Å²) in [5, 5.41) is 0. The van der Waals surface area contributed by atoms with Gasteiger partial charge in [-0.15, -0.1) is 0 Å². The number of ketones is 1. The van der Waals surface area contributed by atoms with E-state index in [9.17, 15) is 4.79 Å². The van der Waals surface area contributed by atoms with Gasteiger partial charge in [-0.3, -0.25) is 4.79 Å². The van der Waals surface area contributed by atoms with Gasteiger partial charge < -0.3 is 10.6 Å². The second-order valence-corrected chi connectivity index (χ2v) is 3.95. The van der Waals surface area contributed by atoms with Crippen molar-refractivity contribution in [1.29, 1.82) is 0 Å². The maximum atomic E-state index is 11.2. The molecule has 0 saturated carbocycles. The van der Waals surface area contributed by atoms with Gasteiger partial charge in [0.15, 0.2) is 0 Å². The van der Waals surface area contributed by atoms with E-state index >= 15 is 0 Å². The Kier molecular flexibility index (Phi) is 8.62. The third-order valence-electron chi connectivity index (χ3n) is 2.90. The minimum Gasteiger partial charge on any atom is -0.322 e. The molecule has 0 aliphatic heterocycles. The highest BCUT2D eigenvalue weighted by Gasteiger charge is 2.10. The molecular weight excluding hydrogens is 188 g/mol. The van der Waals surface area contributed by atoms with Crippen molar-refractivity contribution in [2.45, 2.75) is 52.5 Å². The largest absolute Gasteiger partial charge is 0.322 e. The summed E-state index contributed by atoms with van der Waals surface area (Å²) in [4.78, 5) is 13.6. The first-order valence-electron chi connectivity index (χ1n) is 6.16. The first-order chi connectivity index (χ1) is 7.15. The molecular formula is C12H26N2O. The lowest BCUT2D eigenvalue weighted by atomic mass is 10.0. The van der Waals surface area contributed by atoms with Gasteiger partial charge >= 0.3 is 0 Å². The molecule has 0 radical (unpaired) electrons. The van der Waals surface area contributed by atoms with Gasteiger partial charge in [0.2, 0.25) is 0 Å². The van der Waals surface area contributed by atoms with Crippen molar-refractivity contribution in [3.05, 3.63) is 0 Å². The van der Waals surface area contributed by atoms with Gasteiger partial charge in [-0.25, -0.2) is 0 Å². The number of carbonyl (C=O) groups excluding carboxylic acids is 1. The van der Waals surface area contributed by atoms with Crippen LogP contribution in [-0.2, 0) is 4.79 Å². The van der Waals surface area contributed by atoms with E-state index in [4.69, 9.17) is 5.73 Å². The van der Waals surface area contributed by atoms with Crippen LogP contribution in [0.1, 0.15) is 46.5 Å². The van der Waals surface area contributed by atoms with Gasteiger partial charge in [-0.1, -0.05) is 27.2 Å². The van der Waals surface area contributed by atoms with Crippen LogP contribution in [0.2, 0.25) is 0 Å². The fourth-order valence-electron chi connectivity index (χ4n) is 1.66. The molecule has 0 aromatic carbocycles. The quantitative estimate of drug-likeness (QED) is 0.595. The topological polar surface area (TPSA) is 46.3 Å². The minimum atomic E-state index is -0.230. The Morgan fingerprint density at radius 3 is 2.27 bits per heavy atom. The Morgan fingerprint density at radius 1 is 1.20 bits per heavy atom. The third kappa shape index (κ3) is 6.63. The van der Waals surface area contributed by atoms with E-state index in [0.29, 0.717) is 6.42 Å². The molecule has 0 aromatic heterocycles. The second-order valence-electron chi connectivity index (χ2n) is 3.95. The summed E-state index contributed by atoms with van der Waals surface area (Å²) in [5.74, 6) is 0.192. The van der Waals surface area contributed by atoms with Crippen molar-refractivity contribution in [3.8, 4) is 0 Å². The summed E-state index contributed by atoms with van der Waals surface area (Å²) in [6.45, 7) is 9.57. The fourth-order valence-corrected chi connectivity index (χ4v) is 1.66. The van der Waals surface area contributed by atoms with Crippen LogP contribution in [0.4, 0.5) is 0 Å². The molecule has 3 nitrogen and oxygen atoms in total. The Bertz CT molecular complexity index is 167. The van der Waals surface area contributed by atoms with Gasteiger partial charge in [-0.05, 0) is 32.5 Å². The lowest BCUT2D eigenvalue weighted by Gasteiger charge is -2.18. The van der Waals surface area contributed by atoms with Crippen molar-refractivity contribution >= 4 is 5.78 Å². The number of unbranched alkanes of at least 4 members (excludes halogenated alkanes) is 1. The Balaban J connectivity index is 3.49. The van der Waals surface area contributed by atoms with Crippen molar-refractivity contribution in [2.24, 2.45) is 5.73 Å². The van der Waals surface area contributed by atoms with E-state index in [-0.39, 0.29) is 11.8 Å². The molecule has 0 fully saturated rings. The summed E-state index contributed by atoms with van der Waals surface area (Å²) >= 11 is 0. The summed E-state index contributed by atoms with van der Waals surface area (Å²) in [5.41, 5.74) is 5.75. The molecule has 0 aliphatic rings. The molecule has 0 aliphatic carbocycles. The first kappa shape index (κ1) is 14.6. The summed E-state index contributed by atoms with van der Waals surface area (Å²) in [7, 11) is 0. The molecule has 0 spiro atoms. The van der Waals surface area contributed by atoms with Crippen LogP contribution in [0.25, 0.3) is 0 Å². The molecule has 1 atom stereocenters. The highest BCUT2D eigenvalue weighted by molar-refractivity contribution is 5.83. The average Bonchev–Trinajstić information content (AvgIpc) is 2.27. The number of Topliss-reactive ketones (excluding diaryl/α,β-unsaturated/α-hetero) is 1. The van der Waals surface area contributed by atoms with Gasteiger partial charge in [0.25, 0.3) is 0 Å². The normalized spacial score (nSPS) is 13.1. The fraction of sp³-hybridized carbons (Fsp3) is 0.917. The molecule has 2 N–H and O–H groups in total. The highest BCUT2D eigenvalue weighted by atomic mass is 16.1. The van der Waals surface area contributed by atoms with Crippen molar-refractivity contribution in [3.63, 3.8) is 0 Å². The van der Waals surface area contributed by atoms with Crippen LogP contribution >= 0.6 is 0 Å². The molecule has 0 saturated heterocycles. The Morgan fingerprint density at radius 2 is 1.80 bits per heavy atom. The minimum absolute atomic E-state index is 0.192. The maximum Gasteiger partial charge on any atom is 0.149 e. The van der Waals surface area contributed by atoms with Crippen LogP contribution in [0, 0.1) is 0 Å². The van der Waals surface area contributed by atoms with Gasteiger partial charge in [0.1, 0.15) is 5.78 Å². The Hall–Kier alpha value is -0.410. The first-order valence-corrected chi connectivity index (χ1v) is 6.16. The molecule has 0 aromatic rings. The number of nitrogens with zero attached hydrogens (tertiary/aromatic N) is 1. The lowest BCUT2D eigenvalue weighted by molar-refractivity contribution is -0.120. The van der Waals surface area contributed by atoms with Gasteiger partial charge in [0, 0.05) is 6.42 Å². The predicted molar refractivity (Wildman–Crippen MR) is 64.9 cm³/mol. The maximum absolute atomic E-state index is 11.2. The van der Waals surface area contributed by atoms with E-state index in [1.807, 2.05) is 6.92 Å². The van der Waals surface area contributed by atoms with Crippen molar-refractivity contribution in [1.82, 2.24) is 4.90 Å². The monoisotopic (exact) mass is 214 g/mol. The van der Waals surface area contributed by atoms with E-state index < -0.39 is 0 Å². The standard InChI is InChI=1S/C12H26N2O/c1-4-12(15)11(13)9-7-8-10-14(5-2)6-3/h11H,4-10,13H2,1-3H3/t11-/m0/s1. The molecule has 0 rings (SSSR count). The summed E-state index contributed by atoms with van der Waals surface area (Å²) < 4.78 is 0. The highest BCUT2D eigenvalue weighted by Crippen LogP contribution is 2.03. The number of nitrogens with two attached hydrogens (primary N) is 1. The smallest absolute Gasteiger partial charge is 0.149 e. The van der Waals surface area contributed by atoms with Gasteiger partial charge in [-0.2, -0.15) is 0 Å². The zero-order valence-electron chi connectivity index (χ0n) is 10.5. The molecule has 15 heavy (non-hydrogen) atoms. The molecule has 90 valence electrons. The molecule has 0 heterocycles. The van der Waals surface area contributed by atoms with Gasteiger partial charge in [0.05, 0.1) is 6.04 Å². The number of hydrogen-bond acceptors (Lipinski definition) is 3. The predicted octanol–water partition coefficient (Wildman–Crippen LogP) is 1.80. The zero-order valence-corrected chi connectivity index (χ0v) is 10.5. The van der Waals surface area contributed by atoms with Crippen molar-refractivity contribution in [2.75, 3.05) is 19.6 Å². The van der Waals surface area contributed by atoms with E-state index in [0.717, 1.165) is 38.9 Å². The molecule has 0 bridgehead atoms. The number of rotatable bonds is 9. The summed E-state index contributed by atoms with van der Waals surface area (Å²) in [6.07, 6.45) is 3.61. The van der Waals surface area contributed by atoms with E-state index in [1.165, 1.54) is 0 Å². The van der Waals surface area contributed by atoms with E-state index in [2.05, 4.69) is 18.7 Å². The third-order valence-corrected chi connectivity index (χ3v) is 2.90. The Labute approximate surface area is 94.0 Å². The zero-order chi connectivity index (χ0) is 11.7. The van der Waals surface area contributed by atoms with Crippen LogP contribution in [0.5, 0.6) is 0 Å². The van der Waals surface area contributed by atoms with Crippen LogP contribution < -0.4 is 5.73 Å². The van der Waals surface area contributed by atoms with Crippen LogP contribution in [-0.4, -0.2) is 36.4 Å². The summed E-state index contributed by atoms with van der Waals surface area (Å²) in [6, 6.07) is -0.230. The number of carbonyl (C=O) groups is 1. The molecule has 0 unspecified atom stereocenters. The molecule has 3 heteroatoms. The second kappa shape index (κ2) is 8.86. The average molecular weight is 214 g/mol. The molecule has 0 amide bonds. The van der Waals surface area contributed by atoms with Crippen LogP contribution in [0.15, 0.2) is 0 Å². The number of hydrogen-bond donors (Lipinski definition) is 1. The SMILES string of the molecule is CCC(=O)[C@@H](N)CCCCN(CC)CC. The van der Waals surface area contributed by atoms with Crippen molar-refractivity contribution < 1.29 is 4.79 Å². The lowest BCUT2D eigenvalue weighted by Crippen LogP contribution is -2.30.